The van der Waals surface area contributed by atoms with E-state index in [1.54, 1.807) is 54.6 Å². The SMILES string of the molecule is O=C(Cn1nc(-c2ccc(Cl)cc2)ccc1=O)Nc1cc2ccccc2oc1=O. The Morgan fingerprint density at radius 1 is 1.03 bits per heavy atom. The molecule has 0 aliphatic rings. The molecule has 0 radical (unpaired) electrons. The maximum atomic E-state index is 12.4. The zero-order valence-corrected chi connectivity index (χ0v) is 15.7. The molecular weight excluding hydrogens is 394 g/mol. The largest absolute Gasteiger partial charge is 0.421 e. The Kier molecular flexibility index (Phi) is 4.97. The number of fused-ring (bicyclic) bond motifs is 1. The van der Waals surface area contributed by atoms with E-state index in [2.05, 4.69) is 10.4 Å². The standard InChI is InChI=1S/C21H14ClN3O4/c22-15-7-5-13(6-8-15)16-9-10-20(27)25(24-16)12-19(26)23-17-11-14-3-1-2-4-18(14)29-21(17)28/h1-11H,12H2,(H,23,26). The van der Waals surface area contributed by atoms with Crippen molar-refractivity contribution in [3.05, 3.63) is 92.5 Å². The number of aromatic nitrogens is 2. The molecule has 0 saturated carbocycles. The van der Waals surface area contributed by atoms with Crippen molar-refractivity contribution < 1.29 is 9.21 Å². The van der Waals surface area contributed by atoms with E-state index < -0.39 is 17.1 Å². The van der Waals surface area contributed by atoms with Crippen LogP contribution in [-0.2, 0) is 11.3 Å². The van der Waals surface area contributed by atoms with Crippen molar-refractivity contribution >= 4 is 34.2 Å². The molecular formula is C21H14ClN3O4. The van der Waals surface area contributed by atoms with Crippen LogP contribution in [0.1, 0.15) is 0 Å². The van der Waals surface area contributed by atoms with Gasteiger partial charge in [0.15, 0.2) is 0 Å². The minimum atomic E-state index is -0.674. The third-order valence-corrected chi connectivity index (χ3v) is 4.47. The van der Waals surface area contributed by atoms with Crippen LogP contribution in [0.4, 0.5) is 5.69 Å². The van der Waals surface area contributed by atoms with E-state index in [1.165, 1.54) is 12.1 Å². The van der Waals surface area contributed by atoms with Crippen molar-refractivity contribution in [2.45, 2.75) is 6.54 Å². The molecule has 0 spiro atoms. The zero-order chi connectivity index (χ0) is 20.4. The lowest BCUT2D eigenvalue weighted by Crippen LogP contribution is -2.30. The highest BCUT2D eigenvalue weighted by Crippen LogP contribution is 2.18. The Balaban J connectivity index is 1.58. The second-order valence-corrected chi connectivity index (χ2v) is 6.69. The van der Waals surface area contributed by atoms with Gasteiger partial charge in [-0.25, -0.2) is 9.48 Å². The lowest BCUT2D eigenvalue weighted by molar-refractivity contribution is -0.117. The van der Waals surface area contributed by atoms with Crippen molar-refractivity contribution in [1.82, 2.24) is 9.78 Å². The summed E-state index contributed by atoms with van der Waals surface area (Å²) in [5.41, 5.74) is 0.563. The van der Waals surface area contributed by atoms with Gasteiger partial charge in [-0.05, 0) is 30.3 Å². The van der Waals surface area contributed by atoms with Gasteiger partial charge < -0.3 is 9.73 Å². The Labute approximate surface area is 169 Å². The van der Waals surface area contributed by atoms with Crippen LogP contribution >= 0.6 is 11.6 Å². The van der Waals surface area contributed by atoms with Gasteiger partial charge in [-0.3, -0.25) is 9.59 Å². The molecule has 0 saturated heterocycles. The van der Waals surface area contributed by atoms with Gasteiger partial charge >= 0.3 is 5.63 Å². The molecule has 4 aromatic rings. The van der Waals surface area contributed by atoms with Crippen molar-refractivity contribution in [2.24, 2.45) is 0 Å². The Hall–Kier alpha value is -3.71. The summed E-state index contributed by atoms with van der Waals surface area (Å²) in [5, 5.41) is 7.96. The number of carbonyl (C=O) groups is 1. The average molecular weight is 408 g/mol. The lowest BCUT2D eigenvalue weighted by Gasteiger charge is -2.08. The number of nitrogens with zero attached hydrogens (tertiary/aromatic N) is 2. The maximum absolute atomic E-state index is 12.4. The average Bonchev–Trinajstić information content (AvgIpc) is 2.71. The summed E-state index contributed by atoms with van der Waals surface area (Å²) in [5.74, 6) is -0.574. The third kappa shape index (κ3) is 4.09. The molecule has 2 aromatic heterocycles. The summed E-state index contributed by atoms with van der Waals surface area (Å²) in [6.07, 6.45) is 0. The van der Waals surface area contributed by atoms with Gasteiger partial charge in [-0.2, -0.15) is 5.10 Å². The van der Waals surface area contributed by atoms with E-state index in [-0.39, 0.29) is 12.2 Å². The fourth-order valence-electron chi connectivity index (χ4n) is 2.81. The molecule has 2 heterocycles. The molecule has 0 unspecified atom stereocenters. The number of anilines is 1. The van der Waals surface area contributed by atoms with Crippen molar-refractivity contribution in [1.29, 1.82) is 0 Å². The Morgan fingerprint density at radius 2 is 1.79 bits per heavy atom. The third-order valence-electron chi connectivity index (χ3n) is 4.22. The van der Waals surface area contributed by atoms with Gasteiger partial charge in [0.2, 0.25) is 5.91 Å². The molecule has 2 aromatic carbocycles. The molecule has 1 N–H and O–H groups in total. The first-order chi connectivity index (χ1) is 14.0. The molecule has 7 nitrogen and oxygen atoms in total. The maximum Gasteiger partial charge on any atom is 0.360 e. The van der Waals surface area contributed by atoms with Crippen molar-refractivity contribution in [3.8, 4) is 11.3 Å². The molecule has 4 rings (SSSR count). The van der Waals surface area contributed by atoms with Gasteiger partial charge in [-0.1, -0.05) is 41.9 Å². The van der Waals surface area contributed by atoms with Crippen LogP contribution in [-0.4, -0.2) is 15.7 Å². The second kappa shape index (κ2) is 7.73. The first-order valence-corrected chi connectivity index (χ1v) is 9.04. The smallest absolute Gasteiger partial charge is 0.360 e. The van der Waals surface area contributed by atoms with E-state index in [4.69, 9.17) is 16.0 Å². The van der Waals surface area contributed by atoms with Crippen LogP contribution in [0.2, 0.25) is 5.02 Å². The van der Waals surface area contributed by atoms with E-state index in [9.17, 15) is 14.4 Å². The van der Waals surface area contributed by atoms with Crippen LogP contribution in [0, 0.1) is 0 Å². The van der Waals surface area contributed by atoms with E-state index in [0.717, 1.165) is 10.2 Å². The fraction of sp³-hybridized carbons (Fsp3) is 0.0476. The summed E-state index contributed by atoms with van der Waals surface area (Å²) in [4.78, 5) is 36.6. The van der Waals surface area contributed by atoms with Crippen LogP contribution in [0.15, 0.2) is 80.7 Å². The number of hydrogen-bond acceptors (Lipinski definition) is 5. The van der Waals surface area contributed by atoms with Gasteiger partial charge in [-0.15, -0.1) is 0 Å². The monoisotopic (exact) mass is 407 g/mol. The van der Waals surface area contributed by atoms with Gasteiger partial charge in [0.1, 0.15) is 17.8 Å². The van der Waals surface area contributed by atoms with Gasteiger partial charge in [0.25, 0.3) is 5.56 Å². The van der Waals surface area contributed by atoms with E-state index in [0.29, 0.717) is 21.7 Å². The number of hydrogen-bond donors (Lipinski definition) is 1. The number of amides is 1. The van der Waals surface area contributed by atoms with Crippen LogP contribution < -0.4 is 16.5 Å². The van der Waals surface area contributed by atoms with Crippen molar-refractivity contribution in [2.75, 3.05) is 5.32 Å². The topological polar surface area (TPSA) is 94.2 Å². The van der Waals surface area contributed by atoms with E-state index >= 15 is 0 Å². The van der Waals surface area contributed by atoms with E-state index in [1.807, 2.05) is 0 Å². The summed E-state index contributed by atoms with van der Waals surface area (Å²) in [6, 6.07) is 18.3. The molecule has 0 aliphatic carbocycles. The number of benzene rings is 2. The van der Waals surface area contributed by atoms with Gasteiger partial charge in [0, 0.05) is 22.0 Å². The Morgan fingerprint density at radius 3 is 2.59 bits per heavy atom. The number of rotatable bonds is 4. The summed E-state index contributed by atoms with van der Waals surface area (Å²) >= 11 is 5.89. The molecule has 0 fully saturated rings. The normalized spacial score (nSPS) is 10.8. The van der Waals surface area contributed by atoms with Crippen LogP contribution in [0.5, 0.6) is 0 Å². The summed E-state index contributed by atoms with van der Waals surface area (Å²) in [7, 11) is 0. The molecule has 0 bridgehead atoms. The minimum absolute atomic E-state index is 0.00407. The molecule has 1 amide bonds. The number of halogens is 1. The fourth-order valence-corrected chi connectivity index (χ4v) is 2.94. The Bertz CT molecular complexity index is 1330. The van der Waals surface area contributed by atoms with Crippen LogP contribution in [0.25, 0.3) is 22.2 Å². The highest BCUT2D eigenvalue weighted by atomic mass is 35.5. The first-order valence-electron chi connectivity index (χ1n) is 8.66. The number of para-hydroxylation sites is 1. The molecule has 144 valence electrons. The molecule has 0 atom stereocenters. The first kappa shape index (κ1) is 18.6. The zero-order valence-electron chi connectivity index (χ0n) is 15.0. The minimum Gasteiger partial charge on any atom is -0.421 e. The summed E-state index contributed by atoms with van der Waals surface area (Å²) in [6.45, 7) is -0.355. The highest BCUT2D eigenvalue weighted by Gasteiger charge is 2.12. The van der Waals surface area contributed by atoms with Gasteiger partial charge in [0.05, 0.1) is 5.69 Å². The number of carbonyl (C=O) groups excluding carboxylic acids is 1. The lowest BCUT2D eigenvalue weighted by atomic mass is 10.1. The summed E-state index contributed by atoms with van der Waals surface area (Å²) < 4.78 is 6.22. The molecule has 29 heavy (non-hydrogen) atoms. The molecule has 8 heteroatoms. The predicted octanol–water partition coefficient (Wildman–Crippen LogP) is 3.31. The molecule has 0 aliphatic heterocycles. The van der Waals surface area contributed by atoms with Crippen molar-refractivity contribution in [3.63, 3.8) is 0 Å². The highest BCUT2D eigenvalue weighted by molar-refractivity contribution is 6.30. The quantitative estimate of drug-likeness (QED) is 0.524. The second-order valence-electron chi connectivity index (χ2n) is 6.25. The van der Waals surface area contributed by atoms with Crippen LogP contribution in [0.3, 0.4) is 0 Å². The predicted molar refractivity (Wildman–Crippen MR) is 110 cm³/mol. The number of nitrogens with one attached hydrogen (secondary N) is 1.